The first-order valence-electron chi connectivity index (χ1n) is 31.2. The van der Waals surface area contributed by atoms with E-state index in [1.165, 1.54) is 148 Å². The van der Waals surface area contributed by atoms with E-state index in [9.17, 15) is 14.4 Å². The van der Waals surface area contributed by atoms with Crippen molar-refractivity contribution in [2.75, 3.05) is 13.2 Å². The Hall–Kier alpha value is -3.67. The summed E-state index contributed by atoms with van der Waals surface area (Å²) in [4.78, 5) is 38.1. The van der Waals surface area contributed by atoms with Gasteiger partial charge in [-0.25, -0.2) is 0 Å². The van der Waals surface area contributed by atoms with Crippen LogP contribution in [0.1, 0.15) is 297 Å². The monoisotopic (exact) mass is 1030 g/mol. The number of hydrogen-bond acceptors (Lipinski definition) is 6. The Morgan fingerprint density at radius 2 is 0.541 bits per heavy atom. The Morgan fingerprint density at radius 1 is 0.284 bits per heavy atom. The standard InChI is InChI=1S/C68H116O6/c1-4-7-10-13-16-19-22-24-25-26-27-28-29-30-31-32-33-34-35-36-37-38-39-40-41-42-43-44-47-49-52-55-58-61-67(70)73-64-65(63-72-66(69)60-57-54-51-48-45-21-18-15-12-9-6-3)74-68(71)62-59-56-53-50-46-23-20-17-14-11-8-5-2/h7,10,15-16,18-19,24-25,27-28,30-31,33-34,36-37,65H,4-6,8-9,11-14,17,20-23,26,29,32,35,38-64H2,1-3H3/b10-7-,18-15-,19-16-,25-24-,28-27-,31-30-,34-33-,37-36-. The zero-order chi connectivity index (χ0) is 53.6. The molecule has 1 unspecified atom stereocenters. The van der Waals surface area contributed by atoms with E-state index < -0.39 is 6.10 Å². The lowest BCUT2D eigenvalue weighted by atomic mass is 10.0. The maximum absolute atomic E-state index is 12.8. The van der Waals surface area contributed by atoms with Crippen molar-refractivity contribution < 1.29 is 28.6 Å². The summed E-state index contributed by atoms with van der Waals surface area (Å²) in [6.07, 6.45) is 82.8. The molecule has 74 heavy (non-hydrogen) atoms. The lowest BCUT2D eigenvalue weighted by Gasteiger charge is -2.18. The van der Waals surface area contributed by atoms with E-state index in [-0.39, 0.29) is 31.1 Å². The predicted molar refractivity (Wildman–Crippen MR) is 320 cm³/mol. The number of carbonyl (C=O) groups excluding carboxylic acids is 3. The number of allylic oxidation sites excluding steroid dienone is 16. The van der Waals surface area contributed by atoms with Crippen molar-refractivity contribution in [1.29, 1.82) is 0 Å². The molecule has 0 heterocycles. The van der Waals surface area contributed by atoms with Gasteiger partial charge in [0.15, 0.2) is 6.10 Å². The molecule has 6 nitrogen and oxygen atoms in total. The highest BCUT2D eigenvalue weighted by atomic mass is 16.6. The van der Waals surface area contributed by atoms with Gasteiger partial charge in [-0.2, -0.15) is 0 Å². The molecule has 0 radical (unpaired) electrons. The zero-order valence-electron chi connectivity index (χ0n) is 48.6. The molecule has 0 fully saturated rings. The van der Waals surface area contributed by atoms with E-state index in [1.54, 1.807) is 0 Å². The van der Waals surface area contributed by atoms with Gasteiger partial charge in [0, 0.05) is 19.3 Å². The highest BCUT2D eigenvalue weighted by Gasteiger charge is 2.19. The molecule has 0 aliphatic heterocycles. The first kappa shape index (κ1) is 70.3. The minimum Gasteiger partial charge on any atom is -0.462 e. The molecule has 0 aromatic carbocycles. The molecule has 0 amide bonds. The quantitative estimate of drug-likeness (QED) is 0.0261. The second kappa shape index (κ2) is 61.9. The van der Waals surface area contributed by atoms with Gasteiger partial charge in [0.2, 0.25) is 0 Å². The summed E-state index contributed by atoms with van der Waals surface area (Å²) >= 11 is 0. The molecule has 0 aliphatic carbocycles. The first-order chi connectivity index (χ1) is 36.5. The maximum Gasteiger partial charge on any atom is 0.306 e. The fraction of sp³-hybridized carbons (Fsp3) is 0.721. The maximum atomic E-state index is 12.8. The molecule has 0 aliphatic rings. The lowest BCUT2D eigenvalue weighted by molar-refractivity contribution is -0.167. The predicted octanol–water partition coefficient (Wildman–Crippen LogP) is 21.3. The van der Waals surface area contributed by atoms with Gasteiger partial charge >= 0.3 is 17.9 Å². The highest BCUT2D eigenvalue weighted by molar-refractivity contribution is 5.71. The molecule has 0 spiro atoms. The molecular weight excluding hydrogens is 913 g/mol. The van der Waals surface area contributed by atoms with Crippen molar-refractivity contribution in [1.82, 2.24) is 0 Å². The Balaban J connectivity index is 4.14. The molecule has 1 atom stereocenters. The van der Waals surface area contributed by atoms with Gasteiger partial charge in [0.05, 0.1) is 0 Å². The number of carbonyl (C=O) groups is 3. The van der Waals surface area contributed by atoms with E-state index in [0.29, 0.717) is 19.3 Å². The second-order valence-electron chi connectivity index (χ2n) is 20.6. The van der Waals surface area contributed by atoms with Crippen LogP contribution in [-0.4, -0.2) is 37.2 Å². The van der Waals surface area contributed by atoms with E-state index in [1.807, 2.05) is 0 Å². The fourth-order valence-corrected chi connectivity index (χ4v) is 8.64. The van der Waals surface area contributed by atoms with Crippen LogP contribution in [0.15, 0.2) is 97.2 Å². The minimum absolute atomic E-state index is 0.0784. The van der Waals surface area contributed by atoms with Crippen LogP contribution in [0.2, 0.25) is 0 Å². The van der Waals surface area contributed by atoms with Crippen molar-refractivity contribution in [3.8, 4) is 0 Å². The second-order valence-corrected chi connectivity index (χ2v) is 20.6. The summed E-state index contributed by atoms with van der Waals surface area (Å²) in [5, 5.41) is 0. The SMILES string of the molecule is CC/C=C\C/C=C\C/C=C\C/C=C\C/C=C\C/C=C\C/C=C\CCCCCCCCCCCCCC(=O)OCC(COC(=O)CCCCCCC/C=C\CCCC)OC(=O)CCCCCCCCCCCCCC. The van der Waals surface area contributed by atoms with Crippen molar-refractivity contribution in [3.63, 3.8) is 0 Å². The average Bonchev–Trinajstić information content (AvgIpc) is 3.40. The first-order valence-corrected chi connectivity index (χ1v) is 31.2. The van der Waals surface area contributed by atoms with Crippen LogP contribution < -0.4 is 0 Å². The normalized spacial score (nSPS) is 12.7. The highest BCUT2D eigenvalue weighted by Crippen LogP contribution is 2.16. The van der Waals surface area contributed by atoms with Gasteiger partial charge in [-0.1, -0.05) is 279 Å². The average molecular weight is 1030 g/mol. The fourth-order valence-electron chi connectivity index (χ4n) is 8.64. The van der Waals surface area contributed by atoms with Crippen LogP contribution in [0.4, 0.5) is 0 Å². The largest absolute Gasteiger partial charge is 0.462 e. The van der Waals surface area contributed by atoms with Crippen LogP contribution in [0.25, 0.3) is 0 Å². The van der Waals surface area contributed by atoms with Gasteiger partial charge in [0.1, 0.15) is 13.2 Å². The van der Waals surface area contributed by atoms with Crippen molar-refractivity contribution in [2.45, 2.75) is 303 Å². The van der Waals surface area contributed by atoms with Crippen LogP contribution >= 0.6 is 0 Å². The molecule has 0 N–H and O–H groups in total. The van der Waals surface area contributed by atoms with Crippen LogP contribution in [0, 0.1) is 0 Å². The third-order valence-electron chi connectivity index (χ3n) is 13.3. The smallest absolute Gasteiger partial charge is 0.306 e. The van der Waals surface area contributed by atoms with Gasteiger partial charge in [0.25, 0.3) is 0 Å². The van der Waals surface area contributed by atoms with Crippen molar-refractivity contribution >= 4 is 17.9 Å². The minimum atomic E-state index is -0.778. The van der Waals surface area contributed by atoms with E-state index >= 15 is 0 Å². The summed E-state index contributed by atoms with van der Waals surface area (Å²) in [5.74, 6) is -0.884. The van der Waals surface area contributed by atoms with Crippen LogP contribution in [0.5, 0.6) is 0 Å². The number of esters is 3. The van der Waals surface area contributed by atoms with Crippen LogP contribution in [-0.2, 0) is 28.6 Å². The third kappa shape index (κ3) is 59.2. The molecule has 0 aromatic heterocycles. The van der Waals surface area contributed by atoms with Gasteiger partial charge < -0.3 is 14.2 Å². The number of ether oxygens (including phenoxy) is 3. The van der Waals surface area contributed by atoms with Gasteiger partial charge in [-0.3, -0.25) is 14.4 Å². The van der Waals surface area contributed by atoms with E-state index in [4.69, 9.17) is 14.2 Å². The van der Waals surface area contributed by atoms with E-state index in [0.717, 1.165) is 109 Å². The van der Waals surface area contributed by atoms with Crippen LogP contribution in [0.3, 0.4) is 0 Å². The number of rotatable bonds is 56. The van der Waals surface area contributed by atoms with Gasteiger partial charge in [-0.05, 0) is 96.3 Å². The molecule has 424 valence electrons. The topological polar surface area (TPSA) is 78.9 Å². The summed E-state index contributed by atoms with van der Waals surface area (Å²) in [5.41, 5.74) is 0. The zero-order valence-corrected chi connectivity index (χ0v) is 48.6. The third-order valence-corrected chi connectivity index (χ3v) is 13.3. The molecule has 6 heteroatoms. The number of unbranched alkanes of at least 4 members (excludes halogenated alkanes) is 29. The summed E-state index contributed by atoms with van der Waals surface area (Å²) in [6, 6.07) is 0. The summed E-state index contributed by atoms with van der Waals surface area (Å²) < 4.78 is 16.8. The Bertz CT molecular complexity index is 1460. The van der Waals surface area contributed by atoms with Crippen molar-refractivity contribution in [2.24, 2.45) is 0 Å². The van der Waals surface area contributed by atoms with Crippen molar-refractivity contribution in [3.05, 3.63) is 97.2 Å². The Morgan fingerprint density at radius 3 is 0.878 bits per heavy atom. The molecule has 0 saturated heterocycles. The lowest BCUT2D eigenvalue weighted by Crippen LogP contribution is -2.30. The molecule has 0 rings (SSSR count). The molecular formula is C68H116O6. The molecule has 0 saturated carbocycles. The Kier molecular flexibility index (Phi) is 58.8. The summed E-state index contributed by atoms with van der Waals surface area (Å²) in [7, 11) is 0. The molecule has 0 bridgehead atoms. The molecule has 0 aromatic rings. The van der Waals surface area contributed by atoms with Gasteiger partial charge in [-0.15, -0.1) is 0 Å². The summed E-state index contributed by atoms with van der Waals surface area (Å²) in [6.45, 7) is 6.49. The number of hydrogen-bond donors (Lipinski definition) is 0. The van der Waals surface area contributed by atoms with E-state index in [2.05, 4.69) is 118 Å². The Labute approximate surface area is 457 Å².